The van der Waals surface area contributed by atoms with Crippen LogP contribution in [0, 0.1) is 25.6 Å². The van der Waals surface area contributed by atoms with Crippen molar-refractivity contribution in [2.24, 2.45) is 0 Å². The number of alkyl halides is 5. The van der Waals surface area contributed by atoms with Gasteiger partial charge in [-0.05, 0) is 6.26 Å². The van der Waals surface area contributed by atoms with Crippen molar-refractivity contribution >= 4 is 34.7 Å². The Morgan fingerprint density at radius 1 is 1.12 bits per heavy atom. The number of amidine groups is 1. The van der Waals surface area contributed by atoms with Crippen molar-refractivity contribution < 1.29 is 31.8 Å². The van der Waals surface area contributed by atoms with Gasteiger partial charge in [0.1, 0.15) is 0 Å². The lowest BCUT2D eigenvalue weighted by atomic mass is 10.1. The topological polar surface area (TPSA) is 122 Å². The number of rotatable bonds is 5. The van der Waals surface area contributed by atoms with E-state index < -0.39 is 49.7 Å². The lowest BCUT2D eigenvalue weighted by Crippen LogP contribution is -2.31. The number of nitrogens with zero attached hydrogens (tertiary/aromatic N) is 2. The van der Waals surface area contributed by atoms with Crippen LogP contribution in [0.15, 0.2) is 12.1 Å². The molecule has 0 unspecified atom stereocenters. The maximum atomic E-state index is 13.3. The molecule has 0 spiro atoms. The van der Waals surface area contributed by atoms with Crippen LogP contribution in [0.5, 0.6) is 0 Å². The molecule has 1 aromatic carbocycles. The fourth-order valence-electron chi connectivity index (χ4n) is 1.49. The molecule has 1 rings (SSSR count). The van der Waals surface area contributed by atoms with E-state index in [0.717, 1.165) is 6.26 Å². The summed E-state index contributed by atoms with van der Waals surface area (Å²) in [5.41, 5.74) is -5.86. The fourth-order valence-corrected chi connectivity index (χ4v) is 1.75. The Kier molecular flexibility index (Phi) is 5.33. The van der Waals surface area contributed by atoms with Crippen molar-refractivity contribution in [2.75, 3.05) is 11.6 Å². The van der Waals surface area contributed by atoms with Gasteiger partial charge in [0.05, 0.1) is 15.4 Å². The van der Waals surface area contributed by atoms with Crippen LogP contribution in [0.25, 0.3) is 0 Å². The molecule has 0 aliphatic rings. The average Bonchev–Trinajstić information content (AvgIpc) is 2.45. The summed E-state index contributed by atoms with van der Waals surface area (Å²) in [5.74, 6) is -1.65. The normalized spacial score (nSPS) is 11.9. The molecule has 0 aliphatic carbocycles. The summed E-state index contributed by atoms with van der Waals surface area (Å²) in [4.78, 5) is 19.0. The third-order valence-electron chi connectivity index (χ3n) is 2.61. The van der Waals surface area contributed by atoms with Crippen molar-refractivity contribution in [1.29, 1.82) is 5.41 Å². The number of benzene rings is 1. The van der Waals surface area contributed by atoms with Crippen LogP contribution in [0.3, 0.4) is 0 Å². The highest BCUT2D eigenvalue weighted by Gasteiger charge is 2.40. The van der Waals surface area contributed by atoms with Crippen LogP contribution < -0.4 is 5.32 Å². The summed E-state index contributed by atoms with van der Waals surface area (Å²) in [5, 5.41) is 26.5. The predicted molar refractivity (Wildman–Crippen MR) is 74.6 cm³/mol. The van der Waals surface area contributed by atoms with Crippen molar-refractivity contribution in [3.05, 3.63) is 37.9 Å². The SMILES string of the molecule is CSC(F)(F)C(=N)Nc1c([N+](=O)[O-])cc(C(F)(F)F)cc1[N+](=O)[O-]. The third kappa shape index (κ3) is 4.06. The molecule has 0 bridgehead atoms. The molecule has 2 N–H and O–H groups in total. The van der Waals surface area contributed by atoms with Crippen LogP contribution in [-0.2, 0) is 6.18 Å². The van der Waals surface area contributed by atoms with E-state index >= 15 is 0 Å². The second kappa shape index (κ2) is 6.54. The van der Waals surface area contributed by atoms with Gasteiger partial charge in [-0.2, -0.15) is 22.0 Å². The maximum absolute atomic E-state index is 13.3. The Hall–Kier alpha value is -2.51. The number of nitrogens with one attached hydrogen (secondary N) is 2. The average molecular weight is 374 g/mol. The van der Waals surface area contributed by atoms with Gasteiger partial charge in [-0.3, -0.25) is 25.6 Å². The van der Waals surface area contributed by atoms with Gasteiger partial charge in [0.15, 0.2) is 11.5 Å². The van der Waals surface area contributed by atoms with E-state index in [1.165, 1.54) is 5.32 Å². The minimum absolute atomic E-state index is 0.0418. The summed E-state index contributed by atoms with van der Waals surface area (Å²) >= 11 is -0.150. The summed E-state index contributed by atoms with van der Waals surface area (Å²) in [6, 6.07) is -0.0836. The van der Waals surface area contributed by atoms with Crippen LogP contribution in [0.4, 0.5) is 39.0 Å². The van der Waals surface area contributed by atoms with E-state index in [1.54, 1.807) is 0 Å². The second-order valence-corrected chi connectivity index (χ2v) is 5.04. The molecule has 1 aromatic rings. The molecule has 0 heterocycles. The van der Waals surface area contributed by atoms with Crippen LogP contribution in [-0.4, -0.2) is 27.2 Å². The smallest absolute Gasteiger partial charge is 0.327 e. The standard InChI is InChI=1S/C10H7F5N4O4S/c1-24-10(14,15)8(16)17-7-5(18(20)21)2-4(9(11,12)13)3-6(7)19(22)23/h2-3H,1H3,(H2,16,17). The molecule has 24 heavy (non-hydrogen) atoms. The zero-order chi connectivity index (χ0) is 18.9. The van der Waals surface area contributed by atoms with Crippen LogP contribution in [0.2, 0.25) is 0 Å². The first-order valence-electron chi connectivity index (χ1n) is 5.64. The Morgan fingerprint density at radius 3 is 1.83 bits per heavy atom. The molecule has 14 heteroatoms. The Balaban J connectivity index is 3.60. The quantitative estimate of drug-likeness (QED) is 0.265. The van der Waals surface area contributed by atoms with E-state index in [1.807, 2.05) is 0 Å². The van der Waals surface area contributed by atoms with E-state index in [2.05, 4.69) is 0 Å². The molecule has 0 radical (unpaired) electrons. The Bertz CT molecular complexity index is 674. The first-order valence-corrected chi connectivity index (χ1v) is 6.86. The minimum atomic E-state index is -5.13. The van der Waals surface area contributed by atoms with E-state index in [4.69, 9.17) is 5.41 Å². The number of anilines is 1. The van der Waals surface area contributed by atoms with Gasteiger partial charge in [0.25, 0.3) is 11.4 Å². The lowest BCUT2D eigenvalue weighted by Gasteiger charge is -2.16. The van der Waals surface area contributed by atoms with Crippen molar-refractivity contribution in [3.8, 4) is 0 Å². The number of thioether (sulfide) groups is 1. The zero-order valence-electron chi connectivity index (χ0n) is 11.5. The highest BCUT2D eigenvalue weighted by atomic mass is 32.2. The summed E-state index contributed by atoms with van der Waals surface area (Å²) < 4.78 is 64.7. The molecule has 8 nitrogen and oxygen atoms in total. The van der Waals surface area contributed by atoms with E-state index in [0.29, 0.717) is 0 Å². The molecule has 0 amide bonds. The van der Waals surface area contributed by atoms with Gasteiger partial charge in [0.2, 0.25) is 0 Å². The Morgan fingerprint density at radius 2 is 1.54 bits per heavy atom. The largest absolute Gasteiger partial charge is 0.416 e. The highest BCUT2D eigenvalue weighted by molar-refractivity contribution is 8.00. The van der Waals surface area contributed by atoms with E-state index in [-0.39, 0.29) is 23.9 Å². The maximum Gasteiger partial charge on any atom is 0.416 e. The minimum Gasteiger partial charge on any atom is -0.327 e. The number of hydrogen-bond acceptors (Lipinski definition) is 6. The molecule has 0 fully saturated rings. The molecule has 132 valence electrons. The molecule has 0 aliphatic heterocycles. The van der Waals surface area contributed by atoms with Gasteiger partial charge in [0, 0.05) is 12.1 Å². The monoisotopic (exact) mass is 374 g/mol. The van der Waals surface area contributed by atoms with Gasteiger partial charge < -0.3 is 5.32 Å². The molecular formula is C10H7F5N4O4S. The van der Waals surface area contributed by atoms with Crippen molar-refractivity contribution in [3.63, 3.8) is 0 Å². The lowest BCUT2D eigenvalue weighted by molar-refractivity contribution is -0.392. The van der Waals surface area contributed by atoms with Gasteiger partial charge in [-0.15, -0.1) is 0 Å². The van der Waals surface area contributed by atoms with Crippen LogP contribution in [0.1, 0.15) is 5.56 Å². The van der Waals surface area contributed by atoms with Crippen molar-refractivity contribution in [2.45, 2.75) is 11.4 Å². The number of nitro groups is 2. The number of hydrogen-bond donors (Lipinski definition) is 2. The molecule has 0 saturated heterocycles. The third-order valence-corrected chi connectivity index (χ3v) is 3.33. The number of nitro benzene ring substituents is 2. The molecule has 0 saturated carbocycles. The van der Waals surface area contributed by atoms with Crippen molar-refractivity contribution in [1.82, 2.24) is 0 Å². The predicted octanol–water partition coefficient (Wildman–Crippen LogP) is 3.87. The summed E-state index contributed by atoms with van der Waals surface area (Å²) in [6.07, 6.45) is -4.24. The van der Waals surface area contributed by atoms with Crippen LogP contribution >= 0.6 is 11.8 Å². The molecule has 0 atom stereocenters. The second-order valence-electron chi connectivity index (χ2n) is 4.12. The van der Waals surface area contributed by atoms with Gasteiger partial charge in [-0.25, -0.2) is 0 Å². The Labute approximate surface area is 133 Å². The van der Waals surface area contributed by atoms with Gasteiger partial charge >= 0.3 is 11.4 Å². The fraction of sp³-hybridized carbons (Fsp3) is 0.300. The van der Waals surface area contributed by atoms with Gasteiger partial charge in [-0.1, -0.05) is 11.8 Å². The zero-order valence-corrected chi connectivity index (χ0v) is 12.3. The molecular weight excluding hydrogens is 367 g/mol. The first-order chi connectivity index (χ1) is 10.8. The summed E-state index contributed by atoms with van der Waals surface area (Å²) in [7, 11) is 0. The first kappa shape index (κ1) is 19.5. The number of halogens is 5. The van der Waals surface area contributed by atoms with E-state index in [9.17, 15) is 42.2 Å². The summed E-state index contributed by atoms with van der Waals surface area (Å²) in [6.45, 7) is 0. The highest BCUT2D eigenvalue weighted by Crippen LogP contribution is 2.42. The molecule has 0 aromatic heterocycles.